The van der Waals surface area contributed by atoms with Gasteiger partial charge in [0.05, 0.1) is 5.69 Å². The van der Waals surface area contributed by atoms with Gasteiger partial charge in [-0.25, -0.2) is 0 Å². The second-order valence-corrected chi connectivity index (χ2v) is 14.1. The van der Waals surface area contributed by atoms with Gasteiger partial charge in [-0.3, -0.25) is 0 Å². The number of hydrogen-bond donors (Lipinski definition) is 0. The van der Waals surface area contributed by atoms with Crippen LogP contribution in [0.3, 0.4) is 0 Å². The van der Waals surface area contributed by atoms with Crippen LogP contribution in [0.5, 0.6) is 0 Å². The van der Waals surface area contributed by atoms with E-state index in [1.54, 1.807) is 0 Å². The second-order valence-electron chi connectivity index (χ2n) is 14.1. The molecule has 54 heavy (non-hydrogen) atoms. The summed E-state index contributed by atoms with van der Waals surface area (Å²) in [6, 6.07) is 68.3. The number of hydrogen-bond acceptors (Lipinski definition) is 2. The molecule has 2 nitrogen and oxygen atoms in total. The molecule has 0 fully saturated rings. The highest BCUT2D eigenvalue weighted by Crippen LogP contribution is 2.43. The minimum Gasteiger partial charge on any atom is -0.314 e. The number of rotatable bonds is 7. The normalized spacial score (nSPS) is 14.6. The molecule has 2 aliphatic rings. The van der Waals surface area contributed by atoms with Crippen molar-refractivity contribution in [1.82, 2.24) is 0 Å². The standard InChI is InChI=1S/C52H38N2/c1-3-17-41(18-4-1)53(51-35-39-15-7-9-21-45(39)47-23-11-13-25-49(47)51)43-31-27-37(28-32-43)38-29-33-44(34-30-38)54(42-19-5-2-6-20-42)52-36-40-16-8-10-22-46(40)48-24-12-14-26-50(48)52/h1-35,40H,36H2. The summed E-state index contributed by atoms with van der Waals surface area (Å²) >= 11 is 0. The van der Waals surface area contributed by atoms with Crippen molar-refractivity contribution in [2.45, 2.75) is 6.42 Å². The van der Waals surface area contributed by atoms with E-state index in [1.807, 2.05) is 0 Å². The Morgan fingerprint density at radius 2 is 0.926 bits per heavy atom. The number of fused-ring (bicyclic) bond motifs is 5. The van der Waals surface area contributed by atoms with Gasteiger partial charge in [0, 0.05) is 45.0 Å². The summed E-state index contributed by atoms with van der Waals surface area (Å²) < 4.78 is 0. The maximum absolute atomic E-state index is 2.46. The maximum Gasteiger partial charge on any atom is 0.0546 e. The number of nitrogens with zero attached hydrogens (tertiary/aromatic N) is 2. The van der Waals surface area contributed by atoms with Gasteiger partial charge in [-0.1, -0.05) is 158 Å². The zero-order chi connectivity index (χ0) is 35.8. The summed E-state index contributed by atoms with van der Waals surface area (Å²) in [7, 11) is 0. The van der Waals surface area contributed by atoms with Crippen LogP contribution in [0.1, 0.15) is 6.42 Å². The molecule has 256 valence electrons. The Labute approximate surface area is 316 Å². The van der Waals surface area contributed by atoms with E-state index in [4.69, 9.17) is 0 Å². The third-order valence-electron chi connectivity index (χ3n) is 11.0. The first kappa shape index (κ1) is 31.8. The monoisotopic (exact) mass is 690 g/mol. The third kappa shape index (κ3) is 5.60. The van der Waals surface area contributed by atoms with Gasteiger partial charge in [0.15, 0.2) is 0 Å². The van der Waals surface area contributed by atoms with Crippen LogP contribution in [0.2, 0.25) is 0 Å². The van der Waals surface area contributed by atoms with Crippen molar-refractivity contribution in [2.24, 2.45) is 5.92 Å². The van der Waals surface area contributed by atoms with Gasteiger partial charge < -0.3 is 9.80 Å². The molecule has 0 aliphatic heterocycles. The predicted octanol–water partition coefficient (Wildman–Crippen LogP) is 12.4. The number of benzene rings is 8. The van der Waals surface area contributed by atoms with E-state index in [1.165, 1.54) is 65.8 Å². The molecule has 2 heteroatoms. The summed E-state index contributed by atoms with van der Waals surface area (Å²) in [4.78, 5) is 4.85. The molecule has 0 spiro atoms. The molecule has 0 aromatic heterocycles. The quantitative estimate of drug-likeness (QED) is 0.154. The lowest BCUT2D eigenvalue weighted by Gasteiger charge is -2.33. The topological polar surface area (TPSA) is 6.48 Å². The summed E-state index contributed by atoms with van der Waals surface area (Å²) in [5, 5.41) is 7.61. The Bertz CT molecular complexity index is 2830. The third-order valence-corrected chi connectivity index (χ3v) is 11.0. The highest BCUT2D eigenvalue weighted by Gasteiger charge is 2.25. The first-order valence-electron chi connectivity index (χ1n) is 18.8. The van der Waals surface area contributed by atoms with Crippen LogP contribution in [-0.2, 0) is 0 Å². The average Bonchev–Trinajstić information content (AvgIpc) is 3.25. The molecular weight excluding hydrogens is 653 g/mol. The zero-order valence-electron chi connectivity index (χ0n) is 29.9. The molecule has 0 saturated carbocycles. The predicted molar refractivity (Wildman–Crippen MR) is 229 cm³/mol. The number of para-hydroxylation sites is 2. The van der Waals surface area contributed by atoms with Gasteiger partial charge in [-0.2, -0.15) is 0 Å². The molecule has 8 aromatic carbocycles. The Morgan fingerprint density at radius 1 is 0.407 bits per heavy atom. The summed E-state index contributed by atoms with van der Waals surface area (Å²) in [6.07, 6.45) is 9.93. The SMILES string of the molecule is C1=CC2=c3ccccc3=C(N(c3ccccc3)c3ccc(-c4ccc(N(c5ccccc5)c5cc6ccccc6c6ccccc56)cc4)cc3)CC2C=C1. The zero-order valence-corrected chi connectivity index (χ0v) is 29.9. The smallest absolute Gasteiger partial charge is 0.0546 e. The second kappa shape index (κ2) is 13.6. The lowest BCUT2D eigenvalue weighted by molar-refractivity contribution is 0.828. The number of allylic oxidation sites excluding steroid dienone is 4. The van der Waals surface area contributed by atoms with Crippen LogP contribution in [0, 0.1) is 5.92 Å². The molecule has 2 aliphatic carbocycles. The fourth-order valence-electron chi connectivity index (χ4n) is 8.44. The minimum atomic E-state index is 0.354. The van der Waals surface area contributed by atoms with E-state index in [0.29, 0.717) is 5.92 Å². The number of anilines is 5. The van der Waals surface area contributed by atoms with E-state index < -0.39 is 0 Å². The average molecular weight is 691 g/mol. The molecule has 0 radical (unpaired) electrons. The molecule has 0 heterocycles. The molecule has 1 atom stereocenters. The van der Waals surface area contributed by atoms with Gasteiger partial charge in [0.25, 0.3) is 0 Å². The van der Waals surface area contributed by atoms with Crippen LogP contribution in [0.4, 0.5) is 28.4 Å². The van der Waals surface area contributed by atoms with Gasteiger partial charge >= 0.3 is 0 Å². The van der Waals surface area contributed by atoms with Crippen LogP contribution >= 0.6 is 0 Å². The first-order chi connectivity index (χ1) is 26.8. The van der Waals surface area contributed by atoms with Crippen molar-refractivity contribution in [1.29, 1.82) is 0 Å². The van der Waals surface area contributed by atoms with E-state index in [9.17, 15) is 0 Å². The van der Waals surface area contributed by atoms with Crippen LogP contribution in [0.25, 0.3) is 43.9 Å². The molecule has 0 N–H and O–H groups in total. The van der Waals surface area contributed by atoms with E-state index in [0.717, 1.165) is 23.5 Å². The fraction of sp³-hybridized carbons (Fsp3) is 0.0385. The van der Waals surface area contributed by atoms with Crippen molar-refractivity contribution >= 4 is 61.3 Å². The van der Waals surface area contributed by atoms with E-state index in [-0.39, 0.29) is 0 Å². The molecular formula is C52H38N2. The molecule has 0 amide bonds. The van der Waals surface area contributed by atoms with Gasteiger partial charge in [-0.15, -0.1) is 0 Å². The van der Waals surface area contributed by atoms with Gasteiger partial charge in [-0.05, 0) is 99.1 Å². The maximum atomic E-state index is 2.46. The fourth-order valence-corrected chi connectivity index (χ4v) is 8.44. The molecule has 10 rings (SSSR count). The van der Waals surface area contributed by atoms with E-state index in [2.05, 4.69) is 222 Å². The highest BCUT2D eigenvalue weighted by molar-refractivity contribution is 6.14. The summed E-state index contributed by atoms with van der Waals surface area (Å²) in [6.45, 7) is 0. The Balaban J connectivity index is 1.04. The molecule has 1 unspecified atom stereocenters. The van der Waals surface area contributed by atoms with Crippen molar-refractivity contribution in [3.63, 3.8) is 0 Å². The lowest BCUT2D eigenvalue weighted by Crippen LogP contribution is -2.39. The van der Waals surface area contributed by atoms with Crippen molar-refractivity contribution in [3.05, 3.63) is 223 Å². The van der Waals surface area contributed by atoms with Crippen molar-refractivity contribution < 1.29 is 0 Å². The Morgan fingerprint density at radius 3 is 1.61 bits per heavy atom. The van der Waals surface area contributed by atoms with Crippen LogP contribution < -0.4 is 20.2 Å². The molecule has 8 aromatic rings. The van der Waals surface area contributed by atoms with Crippen LogP contribution in [0.15, 0.2) is 212 Å². The van der Waals surface area contributed by atoms with Crippen molar-refractivity contribution in [2.75, 3.05) is 9.80 Å². The van der Waals surface area contributed by atoms with E-state index >= 15 is 0 Å². The van der Waals surface area contributed by atoms with Crippen molar-refractivity contribution in [3.8, 4) is 11.1 Å². The van der Waals surface area contributed by atoms with Crippen LogP contribution in [-0.4, -0.2) is 0 Å². The van der Waals surface area contributed by atoms with Gasteiger partial charge in [0.1, 0.15) is 0 Å². The lowest BCUT2D eigenvalue weighted by atomic mass is 9.83. The largest absolute Gasteiger partial charge is 0.314 e. The molecule has 0 bridgehead atoms. The summed E-state index contributed by atoms with van der Waals surface area (Å²) in [5.74, 6) is 0.354. The Kier molecular flexibility index (Phi) is 8.00. The van der Waals surface area contributed by atoms with Gasteiger partial charge in [0.2, 0.25) is 0 Å². The highest BCUT2D eigenvalue weighted by atomic mass is 15.2. The summed E-state index contributed by atoms with van der Waals surface area (Å²) in [5.41, 5.74) is 10.8. The molecule has 0 saturated heterocycles. The minimum absolute atomic E-state index is 0.354. The first-order valence-corrected chi connectivity index (χ1v) is 18.8. The Hall–Kier alpha value is -6.90.